The SMILES string of the molecule is COc1ccc(S(=O)(=O)Nc2ccc(CN3CC[C@H](NC(=O)c4cccc(Cl)c4)C3)cc2)cc1. The van der Waals surface area contributed by atoms with Crippen molar-refractivity contribution in [3.8, 4) is 5.75 Å². The number of methoxy groups -OCH3 is 1. The molecule has 1 atom stereocenters. The number of sulfonamides is 1. The lowest BCUT2D eigenvalue weighted by molar-refractivity contribution is 0.0937. The van der Waals surface area contributed by atoms with Gasteiger partial charge in [0.25, 0.3) is 15.9 Å². The first-order chi connectivity index (χ1) is 16.3. The maximum atomic E-state index is 12.6. The van der Waals surface area contributed by atoms with Crippen LogP contribution in [0, 0.1) is 0 Å². The zero-order valence-corrected chi connectivity index (χ0v) is 20.3. The summed E-state index contributed by atoms with van der Waals surface area (Å²) in [5.41, 5.74) is 2.11. The molecule has 4 rings (SSSR count). The highest BCUT2D eigenvalue weighted by atomic mass is 35.5. The molecule has 1 aliphatic heterocycles. The maximum Gasteiger partial charge on any atom is 0.261 e. The number of benzene rings is 3. The van der Waals surface area contributed by atoms with Gasteiger partial charge in [-0.1, -0.05) is 29.8 Å². The first-order valence-electron chi connectivity index (χ1n) is 10.9. The molecule has 1 amide bonds. The van der Waals surface area contributed by atoms with E-state index in [0.717, 1.165) is 31.6 Å². The molecule has 2 N–H and O–H groups in total. The summed E-state index contributed by atoms with van der Waals surface area (Å²) in [6.45, 7) is 2.33. The van der Waals surface area contributed by atoms with Crippen LogP contribution in [0.3, 0.4) is 0 Å². The van der Waals surface area contributed by atoms with E-state index in [1.54, 1.807) is 48.5 Å². The average Bonchev–Trinajstić information content (AvgIpc) is 3.26. The number of rotatable bonds is 8. The van der Waals surface area contributed by atoms with Crippen molar-refractivity contribution in [3.63, 3.8) is 0 Å². The summed E-state index contributed by atoms with van der Waals surface area (Å²) >= 11 is 5.98. The van der Waals surface area contributed by atoms with Gasteiger partial charge in [0.2, 0.25) is 0 Å². The number of amides is 1. The Labute approximate surface area is 204 Å². The summed E-state index contributed by atoms with van der Waals surface area (Å²) in [4.78, 5) is 14.9. The molecule has 0 bridgehead atoms. The van der Waals surface area contributed by atoms with Crippen LogP contribution in [0.2, 0.25) is 5.02 Å². The second kappa shape index (κ2) is 10.5. The van der Waals surface area contributed by atoms with Gasteiger partial charge in [-0.15, -0.1) is 0 Å². The van der Waals surface area contributed by atoms with E-state index in [1.807, 2.05) is 12.1 Å². The number of hydrogen-bond acceptors (Lipinski definition) is 5. The number of nitrogens with one attached hydrogen (secondary N) is 2. The first kappa shape index (κ1) is 24.1. The van der Waals surface area contributed by atoms with Gasteiger partial charge in [-0.25, -0.2) is 8.42 Å². The quantitative estimate of drug-likeness (QED) is 0.486. The van der Waals surface area contributed by atoms with Crippen LogP contribution in [0.4, 0.5) is 5.69 Å². The Morgan fingerprint density at radius 3 is 2.50 bits per heavy atom. The van der Waals surface area contributed by atoms with Crippen LogP contribution >= 0.6 is 11.6 Å². The number of likely N-dealkylation sites (tertiary alicyclic amines) is 1. The molecule has 3 aromatic rings. The van der Waals surface area contributed by atoms with Crippen LogP contribution in [-0.4, -0.2) is 45.5 Å². The van der Waals surface area contributed by atoms with Crippen LogP contribution in [0.5, 0.6) is 5.75 Å². The zero-order valence-electron chi connectivity index (χ0n) is 18.7. The molecule has 9 heteroatoms. The number of hydrogen-bond donors (Lipinski definition) is 2. The molecule has 1 fully saturated rings. The zero-order chi connectivity index (χ0) is 24.1. The van der Waals surface area contributed by atoms with E-state index in [0.29, 0.717) is 22.0 Å². The Morgan fingerprint density at radius 2 is 1.82 bits per heavy atom. The summed E-state index contributed by atoms with van der Waals surface area (Å²) in [6, 6.07) is 20.5. The molecule has 7 nitrogen and oxygen atoms in total. The van der Waals surface area contributed by atoms with Crippen molar-refractivity contribution >= 4 is 33.2 Å². The van der Waals surface area contributed by atoms with Gasteiger partial charge in [0.1, 0.15) is 5.75 Å². The minimum Gasteiger partial charge on any atom is -0.497 e. The molecule has 0 aliphatic carbocycles. The molecular formula is C25H26ClN3O4S. The summed E-state index contributed by atoms with van der Waals surface area (Å²) in [5, 5.41) is 3.61. The van der Waals surface area contributed by atoms with Crippen molar-refractivity contribution < 1.29 is 17.9 Å². The lowest BCUT2D eigenvalue weighted by Gasteiger charge is -2.17. The molecule has 1 aliphatic rings. The van der Waals surface area contributed by atoms with Crippen LogP contribution < -0.4 is 14.8 Å². The monoisotopic (exact) mass is 499 g/mol. The van der Waals surface area contributed by atoms with Crippen LogP contribution in [0.25, 0.3) is 0 Å². The molecular weight excluding hydrogens is 474 g/mol. The van der Waals surface area contributed by atoms with Gasteiger partial charge >= 0.3 is 0 Å². The maximum absolute atomic E-state index is 12.6. The summed E-state index contributed by atoms with van der Waals surface area (Å²) in [7, 11) is -2.15. The number of carbonyl (C=O) groups is 1. The lowest BCUT2D eigenvalue weighted by atomic mass is 10.2. The lowest BCUT2D eigenvalue weighted by Crippen LogP contribution is -2.36. The highest BCUT2D eigenvalue weighted by Gasteiger charge is 2.24. The smallest absolute Gasteiger partial charge is 0.261 e. The Hall–Kier alpha value is -3.07. The fourth-order valence-corrected chi connectivity index (χ4v) is 5.15. The third-order valence-electron chi connectivity index (χ3n) is 5.68. The fraction of sp³-hybridized carbons (Fsp3) is 0.240. The van der Waals surface area contributed by atoms with Crippen LogP contribution in [-0.2, 0) is 16.6 Å². The Bertz CT molecular complexity index is 1250. The van der Waals surface area contributed by atoms with E-state index in [1.165, 1.54) is 19.2 Å². The van der Waals surface area contributed by atoms with Crippen LogP contribution in [0.1, 0.15) is 22.3 Å². The van der Waals surface area contributed by atoms with Gasteiger partial charge in [0.15, 0.2) is 0 Å². The molecule has 178 valence electrons. The molecule has 0 aromatic heterocycles. The number of carbonyl (C=O) groups excluding carboxylic acids is 1. The summed E-state index contributed by atoms with van der Waals surface area (Å²) < 4.78 is 32.9. The summed E-state index contributed by atoms with van der Waals surface area (Å²) in [5.74, 6) is 0.472. The topological polar surface area (TPSA) is 87.7 Å². The van der Waals surface area contributed by atoms with E-state index >= 15 is 0 Å². The summed E-state index contributed by atoms with van der Waals surface area (Å²) in [6.07, 6.45) is 0.867. The van der Waals surface area contributed by atoms with Gasteiger partial charge < -0.3 is 10.1 Å². The van der Waals surface area contributed by atoms with Crippen molar-refractivity contribution in [1.29, 1.82) is 0 Å². The molecule has 1 saturated heterocycles. The minimum atomic E-state index is -3.68. The molecule has 1 heterocycles. The first-order valence-corrected chi connectivity index (χ1v) is 12.7. The fourth-order valence-electron chi connectivity index (χ4n) is 3.90. The second-order valence-corrected chi connectivity index (χ2v) is 10.3. The molecule has 34 heavy (non-hydrogen) atoms. The third-order valence-corrected chi connectivity index (χ3v) is 7.31. The number of ether oxygens (including phenoxy) is 1. The number of nitrogens with zero attached hydrogens (tertiary/aromatic N) is 1. The van der Waals surface area contributed by atoms with Crippen molar-refractivity contribution in [1.82, 2.24) is 10.2 Å². The van der Waals surface area contributed by atoms with Gasteiger partial charge in [0.05, 0.1) is 12.0 Å². The van der Waals surface area contributed by atoms with Crippen molar-refractivity contribution in [3.05, 3.63) is 88.9 Å². The molecule has 3 aromatic carbocycles. The van der Waals surface area contributed by atoms with E-state index in [-0.39, 0.29) is 16.8 Å². The third kappa shape index (κ3) is 6.08. The molecule has 0 radical (unpaired) electrons. The van der Waals surface area contributed by atoms with Gasteiger partial charge in [-0.05, 0) is 66.6 Å². The predicted molar refractivity (Wildman–Crippen MR) is 133 cm³/mol. The molecule has 0 saturated carbocycles. The standard InChI is InChI=1S/C25H26ClN3O4S/c1-33-23-9-11-24(12-10-23)34(31,32)28-21-7-5-18(6-8-21)16-29-14-13-22(17-29)27-25(30)19-3-2-4-20(26)15-19/h2-12,15,22,28H,13-14,16-17H2,1H3,(H,27,30)/t22-/m0/s1. The highest BCUT2D eigenvalue weighted by molar-refractivity contribution is 7.92. The minimum absolute atomic E-state index is 0.0714. The van der Waals surface area contributed by atoms with Gasteiger partial charge in [-0.2, -0.15) is 0 Å². The highest BCUT2D eigenvalue weighted by Crippen LogP contribution is 2.21. The van der Waals surface area contributed by atoms with E-state index in [4.69, 9.17) is 16.3 Å². The van der Waals surface area contributed by atoms with Crippen molar-refractivity contribution in [2.24, 2.45) is 0 Å². The predicted octanol–water partition coefficient (Wildman–Crippen LogP) is 4.15. The van der Waals surface area contributed by atoms with Crippen molar-refractivity contribution in [2.45, 2.75) is 23.9 Å². The number of anilines is 1. The average molecular weight is 500 g/mol. The largest absolute Gasteiger partial charge is 0.497 e. The normalized spacial score (nSPS) is 16.2. The van der Waals surface area contributed by atoms with Crippen molar-refractivity contribution in [2.75, 3.05) is 24.9 Å². The van der Waals surface area contributed by atoms with Gasteiger partial charge in [-0.3, -0.25) is 14.4 Å². The molecule has 0 spiro atoms. The number of halogens is 1. The Morgan fingerprint density at radius 1 is 1.09 bits per heavy atom. The van der Waals surface area contributed by atoms with E-state index < -0.39 is 10.0 Å². The van der Waals surface area contributed by atoms with Gasteiger partial charge in [0, 0.05) is 41.9 Å². The Kier molecular flexibility index (Phi) is 7.41. The van der Waals surface area contributed by atoms with E-state index in [2.05, 4.69) is 14.9 Å². The van der Waals surface area contributed by atoms with E-state index in [9.17, 15) is 13.2 Å². The second-order valence-electron chi connectivity index (χ2n) is 8.18. The van der Waals surface area contributed by atoms with Crippen LogP contribution in [0.15, 0.2) is 77.7 Å². The Balaban J connectivity index is 1.30. The molecule has 0 unspecified atom stereocenters.